The molecular weight excluding hydrogens is 330 g/mol. The predicted octanol–water partition coefficient (Wildman–Crippen LogP) is 4.34. The lowest BCUT2D eigenvalue weighted by molar-refractivity contribution is -0.0445. The molecule has 0 saturated heterocycles. The van der Waals surface area contributed by atoms with Crippen LogP contribution in [0, 0.1) is 0 Å². The molecule has 0 saturated carbocycles. The second-order valence-electron chi connectivity index (χ2n) is 7.12. The molecule has 1 atom stereocenters. The molecule has 0 bridgehead atoms. The molecule has 140 valence electrons. The first-order chi connectivity index (χ1) is 12.3. The van der Waals surface area contributed by atoms with E-state index < -0.39 is 17.9 Å². The molecule has 0 heterocycles. The van der Waals surface area contributed by atoms with Gasteiger partial charge in [-0.3, -0.25) is 4.90 Å². The minimum atomic E-state index is -0.753. The fourth-order valence-corrected chi connectivity index (χ4v) is 2.48. The van der Waals surface area contributed by atoms with Gasteiger partial charge in [-0.25, -0.2) is 4.79 Å². The summed E-state index contributed by atoms with van der Waals surface area (Å²) in [5, 5.41) is 9.20. The van der Waals surface area contributed by atoms with Crippen molar-refractivity contribution in [3.63, 3.8) is 0 Å². The number of amides is 1. The summed E-state index contributed by atoms with van der Waals surface area (Å²) in [5.41, 5.74) is 1.37. The first kappa shape index (κ1) is 19.8. The highest BCUT2D eigenvalue weighted by molar-refractivity contribution is 5.68. The monoisotopic (exact) mass is 357 g/mol. The highest BCUT2D eigenvalue weighted by Crippen LogP contribution is 2.20. The van der Waals surface area contributed by atoms with E-state index in [1.165, 1.54) is 0 Å². The van der Waals surface area contributed by atoms with Gasteiger partial charge in [0.2, 0.25) is 6.29 Å². The molecule has 0 aliphatic carbocycles. The van der Waals surface area contributed by atoms with Crippen molar-refractivity contribution in [3.8, 4) is 5.75 Å². The van der Waals surface area contributed by atoms with Crippen LogP contribution in [0.25, 0.3) is 0 Å². The first-order valence-corrected chi connectivity index (χ1v) is 8.68. The summed E-state index contributed by atoms with van der Waals surface area (Å²) in [4.78, 5) is 14.4. The number of ether oxygens (including phenoxy) is 2. The van der Waals surface area contributed by atoms with E-state index in [1.807, 2.05) is 51.1 Å². The van der Waals surface area contributed by atoms with Gasteiger partial charge in [0.1, 0.15) is 5.75 Å². The Morgan fingerprint density at radius 2 is 1.73 bits per heavy atom. The van der Waals surface area contributed by atoms with E-state index >= 15 is 0 Å². The third kappa shape index (κ3) is 5.77. The quantitative estimate of drug-likeness (QED) is 0.781. The van der Waals surface area contributed by atoms with Gasteiger partial charge in [-0.2, -0.15) is 0 Å². The molecule has 0 spiro atoms. The summed E-state index contributed by atoms with van der Waals surface area (Å²) in [6.07, 6.45) is -1.19. The minimum absolute atomic E-state index is 0.0692. The minimum Gasteiger partial charge on any atom is -0.455 e. The Labute approximate surface area is 155 Å². The molecule has 2 aromatic rings. The molecular formula is C21H27NO4. The van der Waals surface area contributed by atoms with Crippen LogP contribution in [0.5, 0.6) is 5.75 Å². The van der Waals surface area contributed by atoms with Gasteiger partial charge in [-0.05, 0) is 44.0 Å². The van der Waals surface area contributed by atoms with Gasteiger partial charge in [0, 0.05) is 19.0 Å². The van der Waals surface area contributed by atoms with Crippen molar-refractivity contribution in [2.45, 2.75) is 52.7 Å². The summed E-state index contributed by atoms with van der Waals surface area (Å²) in [6.45, 7) is 7.96. The summed E-state index contributed by atoms with van der Waals surface area (Å²) >= 11 is 0. The Balaban J connectivity index is 2.03. The van der Waals surface area contributed by atoms with Crippen LogP contribution in [0.1, 0.15) is 38.8 Å². The number of nitrogens with zero attached hydrogens (tertiary/aromatic N) is 1. The maximum atomic E-state index is 12.7. The molecule has 1 amide bonds. The zero-order chi connectivity index (χ0) is 19.2. The summed E-state index contributed by atoms with van der Waals surface area (Å²) in [5.74, 6) is 0.544. The maximum absolute atomic E-state index is 12.7. The Morgan fingerprint density at radius 3 is 2.35 bits per heavy atom. The summed E-state index contributed by atoms with van der Waals surface area (Å²) in [6, 6.07) is 16.9. The van der Waals surface area contributed by atoms with E-state index in [0.29, 0.717) is 12.3 Å². The van der Waals surface area contributed by atoms with Gasteiger partial charge in [0.15, 0.2) is 0 Å². The number of benzene rings is 2. The van der Waals surface area contributed by atoms with Gasteiger partial charge in [-0.1, -0.05) is 42.5 Å². The zero-order valence-electron chi connectivity index (χ0n) is 15.8. The van der Waals surface area contributed by atoms with Crippen LogP contribution in [-0.4, -0.2) is 27.9 Å². The average molecular weight is 357 g/mol. The lowest BCUT2D eigenvalue weighted by Gasteiger charge is -2.35. The lowest BCUT2D eigenvalue weighted by Crippen LogP contribution is -2.46. The third-order valence-electron chi connectivity index (χ3n) is 3.86. The first-order valence-electron chi connectivity index (χ1n) is 8.68. The maximum Gasteiger partial charge on any atom is 0.413 e. The molecule has 0 fully saturated rings. The largest absolute Gasteiger partial charge is 0.455 e. The van der Waals surface area contributed by atoms with E-state index in [4.69, 9.17) is 9.47 Å². The SMILES string of the molecule is C[C@@H](OC(=O)N(Cc1ccccc1)C(C)(C)C)Oc1cccc(CO)c1. The van der Waals surface area contributed by atoms with E-state index in [0.717, 1.165) is 11.1 Å². The van der Waals surface area contributed by atoms with Crippen molar-refractivity contribution in [2.24, 2.45) is 0 Å². The van der Waals surface area contributed by atoms with Crippen molar-refractivity contribution in [1.82, 2.24) is 4.90 Å². The Morgan fingerprint density at radius 1 is 1.08 bits per heavy atom. The normalized spacial score (nSPS) is 12.3. The zero-order valence-corrected chi connectivity index (χ0v) is 15.8. The number of carbonyl (C=O) groups is 1. The molecule has 0 aliphatic heterocycles. The van der Waals surface area contributed by atoms with E-state index in [1.54, 1.807) is 36.1 Å². The van der Waals surface area contributed by atoms with Crippen molar-refractivity contribution < 1.29 is 19.4 Å². The Hall–Kier alpha value is -2.53. The van der Waals surface area contributed by atoms with Gasteiger partial charge < -0.3 is 14.6 Å². The van der Waals surface area contributed by atoms with Crippen LogP contribution in [-0.2, 0) is 17.9 Å². The van der Waals surface area contributed by atoms with Gasteiger partial charge in [-0.15, -0.1) is 0 Å². The van der Waals surface area contributed by atoms with Crippen LogP contribution in [0.4, 0.5) is 4.79 Å². The molecule has 26 heavy (non-hydrogen) atoms. The number of hydrogen-bond donors (Lipinski definition) is 1. The average Bonchev–Trinajstić information content (AvgIpc) is 2.59. The molecule has 2 aromatic carbocycles. The number of hydrogen-bond acceptors (Lipinski definition) is 4. The topological polar surface area (TPSA) is 59.0 Å². The fourth-order valence-electron chi connectivity index (χ4n) is 2.48. The molecule has 0 aromatic heterocycles. The molecule has 0 radical (unpaired) electrons. The second-order valence-corrected chi connectivity index (χ2v) is 7.12. The van der Waals surface area contributed by atoms with Crippen LogP contribution in [0.3, 0.4) is 0 Å². The van der Waals surface area contributed by atoms with Gasteiger partial charge >= 0.3 is 6.09 Å². The van der Waals surface area contributed by atoms with E-state index in [2.05, 4.69) is 0 Å². The van der Waals surface area contributed by atoms with Crippen LogP contribution in [0.2, 0.25) is 0 Å². The molecule has 0 aliphatic rings. The van der Waals surface area contributed by atoms with Crippen molar-refractivity contribution in [3.05, 3.63) is 65.7 Å². The van der Waals surface area contributed by atoms with E-state index in [9.17, 15) is 9.90 Å². The second kappa shape index (κ2) is 8.72. The van der Waals surface area contributed by atoms with Crippen LogP contribution < -0.4 is 4.74 Å². The molecule has 5 nitrogen and oxygen atoms in total. The molecule has 1 N–H and O–H groups in total. The summed E-state index contributed by atoms with van der Waals surface area (Å²) in [7, 11) is 0. The predicted molar refractivity (Wildman–Crippen MR) is 101 cm³/mol. The van der Waals surface area contributed by atoms with Crippen molar-refractivity contribution >= 4 is 6.09 Å². The van der Waals surface area contributed by atoms with Gasteiger partial charge in [0.05, 0.1) is 6.61 Å². The van der Waals surface area contributed by atoms with Gasteiger partial charge in [0.25, 0.3) is 0 Å². The summed E-state index contributed by atoms with van der Waals surface area (Å²) < 4.78 is 11.2. The highest BCUT2D eigenvalue weighted by Gasteiger charge is 2.29. The third-order valence-corrected chi connectivity index (χ3v) is 3.86. The number of aliphatic hydroxyl groups is 1. The standard InChI is InChI=1S/C21H27NO4/c1-16(25-19-12-8-11-18(13-19)15-23)26-20(24)22(21(2,3)4)14-17-9-6-5-7-10-17/h5-13,16,23H,14-15H2,1-4H3/t16-/m1/s1. The van der Waals surface area contributed by atoms with Crippen LogP contribution in [0.15, 0.2) is 54.6 Å². The Kier molecular flexibility index (Phi) is 6.64. The molecule has 2 rings (SSSR count). The van der Waals surface area contributed by atoms with Crippen molar-refractivity contribution in [2.75, 3.05) is 0 Å². The Bertz CT molecular complexity index is 709. The highest BCUT2D eigenvalue weighted by atomic mass is 16.7. The molecule has 0 unspecified atom stereocenters. The fraction of sp³-hybridized carbons (Fsp3) is 0.381. The van der Waals surface area contributed by atoms with Crippen molar-refractivity contribution in [1.29, 1.82) is 0 Å². The lowest BCUT2D eigenvalue weighted by atomic mass is 10.1. The number of aliphatic hydroxyl groups excluding tert-OH is 1. The molecule has 5 heteroatoms. The number of carbonyl (C=O) groups excluding carboxylic acids is 1. The number of rotatable bonds is 6. The smallest absolute Gasteiger partial charge is 0.413 e. The van der Waals surface area contributed by atoms with Crippen LogP contribution >= 0.6 is 0 Å². The van der Waals surface area contributed by atoms with E-state index in [-0.39, 0.29) is 6.61 Å².